The highest BCUT2D eigenvalue weighted by molar-refractivity contribution is 5.94. The number of nitrogens with one attached hydrogen (secondary N) is 1. The molecule has 1 saturated heterocycles. The maximum Gasteiger partial charge on any atom is 0.326 e. The van der Waals surface area contributed by atoms with E-state index in [2.05, 4.69) is 20.7 Å². The van der Waals surface area contributed by atoms with E-state index in [1.807, 2.05) is 32.8 Å². The van der Waals surface area contributed by atoms with Crippen LogP contribution in [0.1, 0.15) is 26.8 Å². The lowest BCUT2D eigenvalue weighted by molar-refractivity contribution is -0.128. The largest absolute Gasteiger partial charge is 0.326 e. The van der Waals surface area contributed by atoms with Crippen LogP contribution in [-0.2, 0) is 4.79 Å². The van der Waals surface area contributed by atoms with Gasteiger partial charge in [0.1, 0.15) is 6.04 Å². The number of rotatable bonds is 5. The summed E-state index contributed by atoms with van der Waals surface area (Å²) in [4.78, 5) is 31.1. The van der Waals surface area contributed by atoms with Crippen molar-refractivity contribution in [1.29, 1.82) is 0 Å². The predicted molar refractivity (Wildman–Crippen MR) is 83.7 cm³/mol. The maximum absolute atomic E-state index is 12.3. The Balaban J connectivity index is 1.97. The van der Waals surface area contributed by atoms with Gasteiger partial charge in [0, 0.05) is 13.1 Å². The topological polar surface area (TPSA) is 99.5 Å². The predicted octanol–water partition coefficient (Wildman–Crippen LogP) is -0.162. The number of aromatic nitrogens is 4. The molecule has 0 radical (unpaired) electrons. The van der Waals surface area contributed by atoms with Gasteiger partial charge in [-0.3, -0.25) is 15.0 Å². The third-order valence-corrected chi connectivity index (χ3v) is 3.65. The third kappa shape index (κ3) is 3.95. The maximum atomic E-state index is 12.3. The molecule has 0 spiro atoms. The van der Waals surface area contributed by atoms with Crippen LogP contribution in [0.15, 0.2) is 0 Å². The van der Waals surface area contributed by atoms with Crippen molar-refractivity contribution in [1.82, 2.24) is 34.9 Å². The monoisotopic (exact) mass is 324 g/mol. The molecule has 1 N–H and O–H groups in total. The van der Waals surface area contributed by atoms with Crippen LogP contribution >= 0.6 is 0 Å². The summed E-state index contributed by atoms with van der Waals surface area (Å²) in [5, 5.41) is 14.3. The zero-order chi connectivity index (χ0) is 17.1. The van der Waals surface area contributed by atoms with Gasteiger partial charge < -0.3 is 9.80 Å². The summed E-state index contributed by atoms with van der Waals surface area (Å²) in [5.41, 5.74) is 0. The molecule has 0 aliphatic carbocycles. The number of nitrogens with zero attached hydrogens (tertiary/aromatic N) is 7. The van der Waals surface area contributed by atoms with E-state index in [-0.39, 0.29) is 24.6 Å². The molecule has 0 aromatic carbocycles. The van der Waals surface area contributed by atoms with Gasteiger partial charge >= 0.3 is 6.03 Å². The van der Waals surface area contributed by atoms with Gasteiger partial charge in [-0.2, -0.15) is 4.80 Å². The molecule has 1 fully saturated rings. The van der Waals surface area contributed by atoms with E-state index in [9.17, 15) is 9.59 Å². The van der Waals surface area contributed by atoms with Gasteiger partial charge in [0.05, 0.1) is 12.7 Å². The molecule has 0 saturated carbocycles. The van der Waals surface area contributed by atoms with Gasteiger partial charge in [0.25, 0.3) is 5.95 Å². The number of anilines is 1. The van der Waals surface area contributed by atoms with Gasteiger partial charge in [-0.25, -0.2) is 4.79 Å². The average Bonchev–Trinajstić information content (AvgIpc) is 3.04. The van der Waals surface area contributed by atoms with E-state index in [0.717, 1.165) is 6.54 Å². The quantitative estimate of drug-likeness (QED) is 0.808. The molecular weight excluding hydrogens is 300 g/mol. The number of carbonyl (C=O) groups is 2. The number of hydrogen-bond donors (Lipinski definition) is 1. The van der Waals surface area contributed by atoms with Crippen molar-refractivity contribution >= 4 is 17.9 Å². The van der Waals surface area contributed by atoms with E-state index in [4.69, 9.17) is 0 Å². The SMILES string of the molecule is CC1C(=O)N(CCN(C)C)CN1C(=O)Nc1nnn(C(C)C)n1. The molecular formula is C13H24N8O2. The number of urea groups is 1. The van der Waals surface area contributed by atoms with E-state index >= 15 is 0 Å². The molecule has 10 nitrogen and oxygen atoms in total. The Hall–Kier alpha value is -2.23. The summed E-state index contributed by atoms with van der Waals surface area (Å²) in [6.07, 6.45) is 0. The van der Waals surface area contributed by atoms with Crippen LogP contribution in [-0.4, -0.2) is 86.7 Å². The van der Waals surface area contributed by atoms with E-state index in [1.165, 1.54) is 9.70 Å². The summed E-state index contributed by atoms with van der Waals surface area (Å²) >= 11 is 0. The van der Waals surface area contributed by atoms with E-state index in [1.54, 1.807) is 11.8 Å². The van der Waals surface area contributed by atoms with Crippen molar-refractivity contribution < 1.29 is 9.59 Å². The molecule has 3 amide bonds. The highest BCUT2D eigenvalue weighted by Gasteiger charge is 2.38. The summed E-state index contributed by atoms with van der Waals surface area (Å²) in [7, 11) is 3.89. The lowest BCUT2D eigenvalue weighted by atomic mass is 10.3. The van der Waals surface area contributed by atoms with Crippen molar-refractivity contribution in [2.75, 3.05) is 39.2 Å². The van der Waals surface area contributed by atoms with E-state index in [0.29, 0.717) is 6.54 Å². The summed E-state index contributed by atoms with van der Waals surface area (Å²) in [5.74, 6) is 0.0795. The Morgan fingerprint density at radius 3 is 2.70 bits per heavy atom. The number of carbonyl (C=O) groups excluding carboxylic acids is 2. The Morgan fingerprint density at radius 2 is 2.13 bits per heavy atom. The average molecular weight is 324 g/mol. The van der Waals surface area contributed by atoms with E-state index < -0.39 is 12.1 Å². The zero-order valence-corrected chi connectivity index (χ0v) is 14.2. The van der Waals surface area contributed by atoms with Crippen LogP contribution in [0.3, 0.4) is 0 Å². The molecule has 0 bridgehead atoms. The number of likely N-dealkylation sites (N-methyl/N-ethyl adjacent to an activating group) is 1. The van der Waals surface area contributed by atoms with Gasteiger partial charge in [0.15, 0.2) is 0 Å². The van der Waals surface area contributed by atoms with Crippen LogP contribution in [0.2, 0.25) is 0 Å². The molecule has 10 heteroatoms. The normalized spacial score (nSPS) is 18.4. The highest BCUT2D eigenvalue weighted by atomic mass is 16.2. The van der Waals surface area contributed by atoms with Crippen molar-refractivity contribution in [2.24, 2.45) is 0 Å². The fourth-order valence-corrected chi connectivity index (χ4v) is 2.18. The Bertz CT molecular complexity index is 570. The van der Waals surface area contributed by atoms with Crippen molar-refractivity contribution in [2.45, 2.75) is 32.9 Å². The lowest BCUT2D eigenvalue weighted by Gasteiger charge is -2.20. The Labute approximate surface area is 135 Å². The first-order chi connectivity index (χ1) is 10.8. The highest BCUT2D eigenvalue weighted by Crippen LogP contribution is 2.15. The second-order valence-corrected chi connectivity index (χ2v) is 6.15. The molecule has 2 heterocycles. The minimum atomic E-state index is -0.502. The Kier molecular flexibility index (Phi) is 5.14. The molecule has 23 heavy (non-hydrogen) atoms. The molecule has 1 atom stereocenters. The fraction of sp³-hybridized carbons (Fsp3) is 0.769. The number of hydrogen-bond acceptors (Lipinski definition) is 6. The first-order valence-corrected chi connectivity index (χ1v) is 7.60. The van der Waals surface area contributed by atoms with Crippen LogP contribution in [0.25, 0.3) is 0 Å². The summed E-state index contributed by atoms with van der Waals surface area (Å²) in [6, 6.07) is -0.846. The second-order valence-electron chi connectivity index (χ2n) is 6.15. The molecule has 1 aliphatic heterocycles. The number of amides is 3. The zero-order valence-electron chi connectivity index (χ0n) is 14.2. The molecule has 1 unspecified atom stereocenters. The molecule has 1 aliphatic rings. The van der Waals surface area contributed by atoms with Crippen LogP contribution in [0, 0.1) is 0 Å². The lowest BCUT2D eigenvalue weighted by Crippen LogP contribution is -2.39. The van der Waals surface area contributed by atoms with Gasteiger partial charge in [-0.1, -0.05) is 5.10 Å². The minimum absolute atomic E-state index is 0.0548. The van der Waals surface area contributed by atoms with Crippen molar-refractivity contribution in [3.05, 3.63) is 0 Å². The molecule has 1 aromatic rings. The first kappa shape index (κ1) is 17.1. The Morgan fingerprint density at radius 1 is 1.43 bits per heavy atom. The van der Waals surface area contributed by atoms with Gasteiger partial charge in [-0.15, -0.1) is 5.10 Å². The van der Waals surface area contributed by atoms with Crippen LogP contribution in [0.5, 0.6) is 0 Å². The standard InChI is InChI=1S/C13H24N8O2/c1-9(2)21-16-12(15-17-21)14-13(23)20-8-19(7-6-18(4)5)11(22)10(20)3/h9-10H,6-8H2,1-5H3,(H,14,16,23). The van der Waals surface area contributed by atoms with Crippen molar-refractivity contribution in [3.63, 3.8) is 0 Å². The first-order valence-electron chi connectivity index (χ1n) is 7.60. The summed E-state index contributed by atoms with van der Waals surface area (Å²) in [6.45, 7) is 7.14. The smallest absolute Gasteiger partial charge is 0.322 e. The fourth-order valence-electron chi connectivity index (χ4n) is 2.18. The van der Waals surface area contributed by atoms with Crippen LogP contribution < -0.4 is 5.32 Å². The van der Waals surface area contributed by atoms with Crippen molar-refractivity contribution in [3.8, 4) is 0 Å². The summed E-state index contributed by atoms with van der Waals surface area (Å²) < 4.78 is 0. The molecule has 1 aromatic heterocycles. The molecule has 2 rings (SSSR count). The third-order valence-electron chi connectivity index (χ3n) is 3.65. The van der Waals surface area contributed by atoms with Crippen LogP contribution in [0.4, 0.5) is 10.7 Å². The second kappa shape index (κ2) is 6.90. The van der Waals surface area contributed by atoms with Gasteiger partial charge in [-0.05, 0) is 40.1 Å². The van der Waals surface area contributed by atoms with Gasteiger partial charge in [0.2, 0.25) is 5.91 Å². The minimum Gasteiger partial charge on any atom is -0.322 e. The number of tetrazole rings is 1. The molecule has 128 valence electrons.